The molecule has 0 saturated heterocycles. The minimum absolute atomic E-state index is 0.145. The number of rotatable bonds is 2. The van der Waals surface area contributed by atoms with E-state index in [1.54, 1.807) is 18.3 Å². The molecule has 0 aliphatic heterocycles. The lowest BCUT2D eigenvalue weighted by molar-refractivity contribution is -0.105. The van der Waals surface area contributed by atoms with Crippen LogP contribution in [-0.2, 0) is 4.79 Å². The Hall–Kier alpha value is -2.36. The van der Waals surface area contributed by atoms with Crippen LogP contribution in [0.15, 0.2) is 48.8 Å². The number of hydrogen-bond acceptors (Lipinski definition) is 3. The predicted octanol–water partition coefficient (Wildman–Crippen LogP) is 2.35. The van der Waals surface area contributed by atoms with Crippen molar-refractivity contribution >= 4 is 12.1 Å². The van der Waals surface area contributed by atoms with E-state index in [1.165, 1.54) is 17.7 Å². The SMILES string of the molecule is Cc1cccnc1.O=CNc1cccc(O)c1. The van der Waals surface area contributed by atoms with Crippen molar-refractivity contribution in [1.82, 2.24) is 4.98 Å². The first-order chi connectivity index (χ1) is 8.22. The fourth-order valence-corrected chi connectivity index (χ4v) is 1.11. The van der Waals surface area contributed by atoms with Crippen molar-refractivity contribution in [3.8, 4) is 5.75 Å². The maximum absolute atomic E-state index is 9.89. The summed E-state index contributed by atoms with van der Waals surface area (Å²) in [5, 5.41) is 11.3. The molecule has 2 rings (SSSR count). The maximum atomic E-state index is 9.89. The van der Waals surface area contributed by atoms with Gasteiger partial charge in [-0.25, -0.2) is 0 Å². The number of aromatic hydroxyl groups is 1. The van der Waals surface area contributed by atoms with Gasteiger partial charge in [-0.15, -0.1) is 0 Å². The minimum Gasteiger partial charge on any atom is -0.508 e. The zero-order chi connectivity index (χ0) is 12.5. The van der Waals surface area contributed by atoms with E-state index in [-0.39, 0.29) is 5.75 Å². The molecule has 88 valence electrons. The molecule has 0 radical (unpaired) electrons. The first-order valence-electron chi connectivity index (χ1n) is 5.08. The summed E-state index contributed by atoms with van der Waals surface area (Å²) in [7, 11) is 0. The standard InChI is InChI=1S/C7H7NO2.C6H7N/c9-5-8-6-2-1-3-7(10)4-6;1-6-3-2-4-7-5-6/h1-5,10H,(H,8,9);2-5H,1H3. The van der Waals surface area contributed by atoms with Gasteiger partial charge in [-0.3, -0.25) is 9.78 Å². The Bertz CT molecular complexity index is 458. The normalized spacial score (nSPS) is 8.76. The summed E-state index contributed by atoms with van der Waals surface area (Å²) >= 11 is 0. The Labute approximate surface area is 99.9 Å². The quantitative estimate of drug-likeness (QED) is 0.778. The number of pyridine rings is 1. The molecule has 0 unspecified atom stereocenters. The molecule has 0 fully saturated rings. The number of anilines is 1. The Kier molecular flexibility index (Phi) is 5.24. The molecule has 0 aliphatic rings. The first kappa shape index (κ1) is 12.7. The van der Waals surface area contributed by atoms with Gasteiger partial charge in [-0.1, -0.05) is 12.1 Å². The fraction of sp³-hybridized carbons (Fsp3) is 0.0769. The summed E-state index contributed by atoms with van der Waals surface area (Å²) in [4.78, 5) is 13.8. The molecule has 1 amide bonds. The number of aryl methyl sites for hydroxylation is 1. The van der Waals surface area contributed by atoms with Crippen molar-refractivity contribution in [3.05, 3.63) is 54.4 Å². The molecule has 17 heavy (non-hydrogen) atoms. The van der Waals surface area contributed by atoms with E-state index in [1.807, 2.05) is 25.3 Å². The van der Waals surface area contributed by atoms with Crippen LogP contribution in [0.4, 0.5) is 5.69 Å². The van der Waals surface area contributed by atoms with Crippen LogP contribution in [0.2, 0.25) is 0 Å². The molecule has 1 aromatic heterocycles. The third kappa shape index (κ3) is 5.32. The molecule has 0 aliphatic carbocycles. The van der Waals surface area contributed by atoms with Gasteiger partial charge in [-0.05, 0) is 30.7 Å². The lowest BCUT2D eigenvalue weighted by atomic mass is 10.3. The van der Waals surface area contributed by atoms with Crippen LogP contribution in [0.25, 0.3) is 0 Å². The van der Waals surface area contributed by atoms with E-state index < -0.39 is 0 Å². The van der Waals surface area contributed by atoms with Crippen molar-refractivity contribution in [2.24, 2.45) is 0 Å². The van der Waals surface area contributed by atoms with E-state index >= 15 is 0 Å². The molecule has 1 heterocycles. The average molecular weight is 230 g/mol. The zero-order valence-electron chi connectivity index (χ0n) is 9.50. The van der Waals surface area contributed by atoms with Crippen molar-refractivity contribution in [2.45, 2.75) is 6.92 Å². The van der Waals surface area contributed by atoms with Gasteiger partial charge in [0.15, 0.2) is 0 Å². The van der Waals surface area contributed by atoms with Crippen molar-refractivity contribution in [1.29, 1.82) is 0 Å². The van der Waals surface area contributed by atoms with Crippen LogP contribution in [0, 0.1) is 6.92 Å². The van der Waals surface area contributed by atoms with Crippen LogP contribution in [0.1, 0.15) is 5.56 Å². The number of phenolic OH excluding ortho intramolecular Hbond substituents is 1. The Morgan fingerprint density at radius 3 is 2.59 bits per heavy atom. The number of benzene rings is 1. The monoisotopic (exact) mass is 230 g/mol. The van der Waals surface area contributed by atoms with E-state index in [0.717, 1.165) is 0 Å². The molecule has 2 N–H and O–H groups in total. The van der Waals surface area contributed by atoms with E-state index in [0.29, 0.717) is 12.1 Å². The van der Waals surface area contributed by atoms with Gasteiger partial charge in [-0.2, -0.15) is 0 Å². The second-order valence-electron chi connectivity index (χ2n) is 3.34. The molecular weight excluding hydrogens is 216 g/mol. The van der Waals surface area contributed by atoms with Gasteiger partial charge in [0.25, 0.3) is 0 Å². The Morgan fingerprint density at radius 1 is 1.29 bits per heavy atom. The molecular formula is C13H14N2O2. The average Bonchev–Trinajstić information content (AvgIpc) is 2.31. The zero-order valence-corrected chi connectivity index (χ0v) is 9.50. The predicted molar refractivity (Wildman–Crippen MR) is 66.8 cm³/mol. The third-order valence-corrected chi connectivity index (χ3v) is 1.88. The van der Waals surface area contributed by atoms with Gasteiger partial charge >= 0.3 is 0 Å². The van der Waals surface area contributed by atoms with E-state index in [9.17, 15) is 4.79 Å². The largest absolute Gasteiger partial charge is 0.508 e. The molecule has 0 atom stereocenters. The van der Waals surface area contributed by atoms with Crippen molar-refractivity contribution in [2.75, 3.05) is 5.32 Å². The maximum Gasteiger partial charge on any atom is 0.211 e. The highest BCUT2D eigenvalue weighted by atomic mass is 16.3. The summed E-state index contributed by atoms with van der Waals surface area (Å²) in [6.07, 6.45) is 4.17. The smallest absolute Gasteiger partial charge is 0.211 e. The minimum atomic E-state index is 0.145. The van der Waals surface area contributed by atoms with Gasteiger partial charge in [0.05, 0.1) is 0 Å². The summed E-state index contributed by atoms with van der Waals surface area (Å²) in [5.41, 5.74) is 1.80. The number of phenols is 1. The summed E-state index contributed by atoms with van der Waals surface area (Å²) < 4.78 is 0. The van der Waals surface area contributed by atoms with Gasteiger partial charge in [0.2, 0.25) is 6.41 Å². The van der Waals surface area contributed by atoms with Gasteiger partial charge < -0.3 is 10.4 Å². The molecule has 4 nitrogen and oxygen atoms in total. The highest BCUT2D eigenvalue weighted by Gasteiger charge is 1.89. The number of carbonyl (C=O) groups excluding carboxylic acids is 1. The second kappa shape index (κ2) is 7.00. The number of nitrogens with one attached hydrogen (secondary N) is 1. The summed E-state index contributed by atoms with van der Waals surface area (Å²) in [6.45, 7) is 2.02. The number of nitrogens with zero attached hydrogens (tertiary/aromatic N) is 1. The third-order valence-electron chi connectivity index (χ3n) is 1.88. The fourth-order valence-electron chi connectivity index (χ4n) is 1.11. The topological polar surface area (TPSA) is 62.2 Å². The highest BCUT2D eigenvalue weighted by molar-refractivity contribution is 5.71. The first-order valence-corrected chi connectivity index (χ1v) is 5.08. The van der Waals surface area contributed by atoms with Crippen LogP contribution < -0.4 is 5.32 Å². The summed E-state index contributed by atoms with van der Waals surface area (Å²) in [5.74, 6) is 0.145. The molecule has 0 bridgehead atoms. The number of carbonyl (C=O) groups is 1. The number of hydrogen-bond donors (Lipinski definition) is 2. The van der Waals surface area contributed by atoms with Gasteiger partial charge in [0.1, 0.15) is 5.75 Å². The van der Waals surface area contributed by atoms with Crippen LogP contribution in [-0.4, -0.2) is 16.5 Å². The Morgan fingerprint density at radius 2 is 2.12 bits per heavy atom. The molecule has 4 heteroatoms. The van der Waals surface area contributed by atoms with E-state index in [2.05, 4.69) is 10.3 Å². The highest BCUT2D eigenvalue weighted by Crippen LogP contribution is 2.13. The van der Waals surface area contributed by atoms with Crippen LogP contribution in [0.5, 0.6) is 5.75 Å². The molecule has 2 aromatic rings. The van der Waals surface area contributed by atoms with Crippen LogP contribution >= 0.6 is 0 Å². The van der Waals surface area contributed by atoms with Gasteiger partial charge in [0, 0.05) is 24.1 Å². The van der Waals surface area contributed by atoms with Crippen LogP contribution in [0.3, 0.4) is 0 Å². The van der Waals surface area contributed by atoms with Crippen molar-refractivity contribution < 1.29 is 9.90 Å². The summed E-state index contributed by atoms with van der Waals surface area (Å²) in [6, 6.07) is 10.3. The lowest BCUT2D eigenvalue weighted by Gasteiger charge is -1.96. The molecule has 1 aromatic carbocycles. The molecule has 0 saturated carbocycles. The number of aromatic nitrogens is 1. The number of amides is 1. The lowest BCUT2D eigenvalue weighted by Crippen LogP contribution is -1.91. The molecule has 0 spiro atoms. The van der Waals surface area contributed by atoms with E-state index in [4.69, 9.17) is 5.11 Å². The second-order valence-corrected chi connectivity index (χ2v) is 3.34. The van der Waals surface area contributed by atoms with Crippen molar-refractivity contribution in [3.63, 3.8) is 0 Å². The Balaban J connectivity index is 0.000000181.